The molecule has 84 valence electrons. The van der Waals surface area contributed by atoms with Crippen LogP contribution in [0.2, 0.25) is 0 Å². The third kappa shape index (κ3) is 3.54. The molecule has 1 aromatic rings. The zero-order chi connectivity index (χ0) is 11.3. The standard InChI is InChI=1S/C13H21NO/c1-5-6-9-15-13-12(10(2)3)8-7-11(4)14-13/h7-8,10H,5-6,9H2,1-4H3. The molecule has 0 aromatic carbocycles. The summed E-state index contributed by atoms with van der Waals surface area (Å²) in [7, 11) is 0. The van der Waals surface area contributed by atoms with Crippen molar-refractivity contribution in [2.75, 3.05) is 6.61 Å². The molecule has 2 nitrogen and oxygen atoms in total. The van der Waals surface area contributed by atoms with Gasteiger partial charge in [0.1, 0.15) is 0 Å². The molecule has 0 aliphatic rings. The van der Waals surface area contributed by atoms with E-state index in [1.54, 1.807) is 0 Å². The number of unbranched alkanes of at least 4 members (excludes halogenated alkanes) is 1. The van der Waals surface area contributed by atoms with Gasteiger partial charge in [-0.3, -0.25) is 0 Å². The lowest BCUT2D eigenvalue weighted by atomic mass is 10.0. The first-order valence-corrected chi connectivity index (χ1v) is 5.75. The van der Waals surface area contributed by atoms with E-state index in [-0.39, 0.29) is 0 Å². The molecule has 1 heterocycles. The average Bonchev–Trinajstić information content (AvgIpc) is 2.18. The number of hydrogen-bond acceptors (Lipinski definition) is 2. The average molecular weight is 207 g/mol. The zero-order valence-corrected chi connectivity index (χ0v) is 10.2. The molecule has 0 aliphatic heterocycles. The third-order valence-corrected chi connectivity index (χ3v) is 2.39. The normalized spacial score (nSPS) is 10.7. The molecule has 1 rings (SSSR count). The summed E-state index contributed by atoms with van der Waals surface area (Å²) in [6, 6.07) is 4.16. The van der Waals surface area contributed by atoms with E-state index in [1.165, 1.54) is 5.56 Å². The van der Waals surface area contributed by atoms with Gasteiger partial charge in [-0.1, -0.05) is 33.3 Å². The van der Waals surface area contributed by atoms with Gasteiger partial charge in [-0.2, -0.15) is 0 Å². The van der Waals surface area contributed by atoms with Crippen LogP contribution in [0.15, 0.2) is 12.1 Å². The Morgan fingerprint density at radius 2 is 2.07 bits per heavy atom. The van der Waals surface area contributed by atoms with Crippen LogP contribution in [0.4, 0.5) is 0 Å². The molecule has 0 radical (unpaired) electrons. The molecule has 0 atom stereocenters. The highest BCUT2D eigenvalue weighted by Gasteiger charge is 2.09. The SMILES string of the molecule is CCCCOc1nc(C)ccc1C(C)C. The van der Waals surface area contributed by atoms with Crippen molar-refractivity contribution in [2.24, 2.45) is 0 Å². The molecule has 0 spiro atoms. The molecule has 1 aromatic heterocycles. The predicted molar refractivity (Wildman–Crippen MR) is 63.5 cm³/mol. The fraction of sp³-hybridized carbons (Fsp3) is 0.615. The largest absolute Gasteiger partial charge is 0.477 e. The summed E-state index contributed by atoms with van der Waals surface area (Å²) in [5.41, 5.74) is 2.22. The van der Waals surface area contributed by atoms with Crippen LogP contribution in [0.1, 0.15) is 50.8 Å². The Labute approximate surface area is 92.7 Å². The van der Waals surface area contributed by atoms with E-state index in [4.69, 9.17) is 4.74 Å². The molecule has 0 unspecified atom stereocenters. The number of nitrogens with zero attached hydrogens (tertiary/aromatic N) is 1. The van der Waals surface area contributed by atoms with Gasteiger partial charge in [0, 0.05) is 11.3 Å². The number of rotatable bonds is 5. The van der Waals surface area contributed by atoms with Gasteiger partial charge in [0.15, 0.2) is 0 Å². The Hall–Kier alpha value is -1.05. The number of ether oxygens (including phenoxy) is 1. The summed E-state index contributed by atoms with van der Waals surface area (Å²) in [5, 5.41) is 0. The summed E-state index contributed by atoms with van der Waals surface area (Å²) in [5.74, 6) is 1.29. The number of aryl methyl sites for hydroxylation is 1. The van der Waals surface area contributed by atoms with Crippen LogP contribution >= 0.6 is 0 Å². The van der Waals surface area contributed by atoms with E-state index in [9.17, 15) is 0 Å². The van der Waals surface area contributed by atoms with E-state index in [2.05, 4.69) is 31.8 Å². The molecule has 2 heteroatoms. The van der Waals surface area contributed by atoms with Crippen molar-refractivity contribution in [3.05, 3.63) is 23.4 Å². The van der Waals surface area contributed by atoms with Gasteiger partial charge in [0.25, 0.3) is 0 Å². The Morgan fingerprint density at radius 1 is 1.33 bits per heavy atom. The van der Waals surface area contributed by atoms with Gasteiger partial charge in [-0.05, 0) is 25.3 Å². The summed E-state index contributed by atoms with van der Waals surface area (Å²) < 4.78 is 5.71. The van der Waals surface area contributed by atoms with E-state index >= 15 is 0 Å². The lowest BCUT2D eigenvalue weighted by Gasteiger charge is -2.13. The molecule has 0 N–H and O–H groups in total. The van der Waals surface area contributed by atoms with E-state index in [0.717, 1.165) is 31.0 Å². The van der Waals surface area contributed by atoms with Crippen LogP contribution in [0, 0.1) is 6.92 Å². The van der Waals surface area contributed by atoms with Crippen molar-refractivity contribution in [3.63, 3.8) is 0 Å². The van der Waals surface area contributed by atoms with Gasteiger partial charge in [0.2, 0.25) is 5.88 Å². The summed E-state index contributed by atoms with van der Waals surface area (Å²) in [4.78, 5) is 4.44. The number of pyridine rings is 1. The van der Waals surface area contributed by atoms with Crippen molar-refractivity contribution in [3.8, 4) is 5.88 Å². The first kappa shape index (κ1) is 12.0. The molecular formula is C13H21NO. The monoisotopic (exact) mass is 207 g/mol. The predicted octanol–water partition coefficient (Wildman–Crippen LogP) is 3.69. The second kappa shape index (κ2) is 5.74. The number of aromatic nitrogens is 1. The first-order chi connectivity index (χ1) is 7.15. The van der Waals surface area contributed by atoms with Crippen LogP contribution < -0.4 is 4.74 Å². The molecule has 0 saturated heterocycles. The van der Waals surface area contributed by atoms with Gasteiger partial charge < -0.3 is 4.74 Å². The second-order valence-electron chi connectivity index (χ2n) is 4.20. The highest BCUT2D eigenvalue weighted by atomic mass is 16.5. The highest BCUT2D eigenvalue weighted by molar-refractivity contribution is 5.30. The molecule has 0 saturated carbocycles. The topological polar surface area (TPSA) is 22.1 Å². The summed E-state index contributed by atoms with van der Waals surface area (Å²) in [6.07, 6.45) is 2.25. The maximum atomic E-state index is 5.71. The van der Waals surface area contributed by atoms with E-state index < -0.39 is 0 Å². The van der Waals surface area contributed by atoms with E-state index in [1.807, 2.05) is 13.0 Å². The molecule has 0 amide bonds. The summed E-state index contributed by atoms with van der Waals surface area (Å²) in [6.45, 7) is 9.26. The first-order valence-electron chi connectivity index (χ1n) is 5.75. The number of hydrogen-bond donors (Lipinski definition) is 0. The second-order valence-corrected chi connectivity index (χ2v) is 4.20. The Kier molecular flexibility index (Phi) is 4.60. The Balaban J connectivity index is 2.77. The minimum atomic E-state index is 0.467. The fourth-order valence-corrected chi connectivity index (χ4v) is 1.41. The lowest BCUT2D eigenvalue weighted by Crippen LogP contribution is -2.03. The third-order valence-electron chi connectivity index (χ3n) is 2.39. The van der Waals surface area contributed by atoms with Crippen LogP contribution in [0.3, 0.4) is 0 Å². The van der Waals surface area contributed by atoms with E-state index in [0.29, 0.717) is 5.92 Å². The molecule has 0 aliphatic carbocycles. The molecule has 0 bridgehead atoms. The molecular weight excluding hydrogens is 186 g/mol. The van der Waals surface area contributed by atoms with Crippen LogP contribution in [0.25, 0.3) is 0 Å². The molecule has 0 fully saturated rings. The van der Waals surface area contributed by atoms with Gasteiger partial charge in [-0.25, -0.2) is 4.98 Å². The Bertz CT molecular complexity index is 307. The van der Waals surface area contributed by atoms with Crippen molar-refractivity contribution in [2.45, 2.75) is 46.5 Å². The van der Waals surface area contributed by atoms with Crippen LogP contribution in [0.5, 0.6) is 5.88 Å². The Morgan fingerprint density at radius 3 is 2.67 bits per heavy atom. The lowest BCUT2D eigenvalue weighted by molar-refractivity contribution is 0.293. The van der Waals surface area contributed by atoms with Crippen LogP contribution in [-0.2, 0) is 0 Å². The maximum Gasteiger partial charge on any atom is 0.217 e. The van der Waals surface area contributed by atoms with Crippen LogP contribution in [-0.4, -0.2) is 11.6 Å². The molecule has 15 heavy (non-hydrogen) atoms. The minimum absolute atomic E-state index is 0.467. The zero-order valence-electron chi connectivity index (χ0n) is 10.2. The smallest absolute Gasteiger partial charge is 0.217 e. The summed E-state index contributed by atoms with van der Waals surface area (Å²) >= 11 is 0. The van der Waals surface area contributed by atoms with Crippen molar-refractivity contribution in [1.29, 1.82) is 0 Å². The highest BCUT2D eigenvalue weighted by Crippen LogP contribution is 2.24. The van der Waals surface area contributed by atoms with Gasteiger partial charge >= 0.3 is 0 Å². The van der Waals surface area contributed by atoms with Gasteiger partial charge in [0.05, 0.1) is 6.61 Å². The van der Waals surface area contributed by atoms with Crippen molar-refractivity contribution >= 4 is 0 Å². The maximum absolute atomic E-state index is 5.71. The van der Waals surface area contributed by atoms with Crippen molar-refractivity contribution in [1.82, 2.24) is 4.98 Å². The van der Waals surface area contributed by atoms with Gasteiger partial charge in [-0.15, -0.1) is 0 Å². The van der Waals surface area contributed by atoms with Crippen molar-refractivity contribution < 1.29 is 4.74 Å². The quantitative estimate of drug-likeness (QED) is 0.687. The minimum Gasteiger partial charge on any atom is -0.477 e. The fourth-order valence-electron chi connectivity index (χ4n) is 1.41.